The van der Waals surface area contributed by atoms with Crippen LogP contribution in [0.3, 0.4) is 0 Å². The molecular formula is C44H77O13P. The molecule has 1 rings (SSSR count). The largest absolute Gasteiger partial charge is 0.472 e. The zero-order chi connectivity index (χ0) is 42.9. The Morgan fingerprint density at radius 2 is 0.931 bits per heavy atom. The van der Waals surface area contributed by atoms with Crippen LogP contribution >= 0.6 is 7.82 Å². The van der Waals surface area contributed by atoms with E-state index in [1.807, 2.05) is 0 Å². The maximum absolute atomic E-state index is 12.8. The van der Waals surface area contributed by atoms with Crippen molar-refractivity contribution in [2.75, 3.05) is 13.2 Å². The highest BCUT2D eigenvalue weighted by atomic mass is 31.2. The van der Waals surface area contributed by atoms with Crippen molar-refractivity contribution in [3.05, 3.63) is 48.6 Å². The number of carbonyl (C=O) groups excluding carboxylic acids is 2. The first-order valence-corrected chi connectivity index (χ1v) is 23.4. The van der Waals surface area contributed by atoms with Gasteiger partial charge in [-0.1, -0.05) is 120 Å². The number of ether oxygens (including phenoxy) is 2. The Kier molecular flexibility index (Phi) is 32.0. The standard InChI is InChI=1S/C44H77O13P/c1-3-5-7-9-11-13-15-17-19-21-23-25-27-29-31-33-38(46)56-36(35-55-58(52,53)57-44-42(50)40(48)39(47)41(49)43(44)51)34-54-37(45)32-30-28-26-24-22-20-18-16-14-12-10-8-6-4-2/h11,13,16-19,23,25,36,39-44,47-51H,3-10,12,14-15,20-22,24,26-35H2,1-2H3,(H,52,53)/b13-11-,18-16-,19-17-,25-23-/t36-,39?,40-,41?,42?,43?,44?/m1/s1. The predicted octanol–water partition coefficient (Wildman–Crippen LogP) is 8.00. The molecule has 0 radical (unpaired) electrons. The fraction of sp³-hybridized carbons (Fsp3) is 0.773. The van der Waals surface area contributed by atoms with E-state index in [2.05, 4.69) is 62.5 Å². The lowest BCUT2D eigenvalue weighted by atomic mass is 9.85. The Bertz CT molecular complexity index is 1210. The van der Waals surface area contributed by atoms with Gasteiger partial charge < -0.3 is 39.9 Å². The van der Waals surface area contributed by atoms with E-state index in [9.17, 15) is 44.6 Å². The normalized spacial score (nSPS) is 23.0. The van der Waals surface area contributed by atoms with Crippen molar-refractivity contribution < 1.29 is 63.1 Å². The third-order valence-electron chi connectivity index (χ3n) is 9.89. The van der Waals surface area contributed by atoms with Gasteiger partial charge in [0.2, 0.25) is 0 Å². The molecule has 0 aromatic heterocycles. The van der Waals surface area contributed by atoms with E-state index in [4.69, 9.17) is 18.5 Å². The van der Waals surface area contributed by atoms with Crippen molar-refractivity contribution in [1.29, 1.82) is 0 Å². The summed E-state index contributed by atoms with van der Waals surface area (Å²) in [6.07, 6.45) is 26.0. The Morgan fingerprint density at radius 1 is 0.534 bits per heavy atom. The molecule has 0 bridgehead atoms. The molecule has 0 spiro atoms. The Morgan fingerprint density at radius 3 is 1.50 bits per heavy atom. The lowest BCUT2D eigenvalue weighted by molar-refractivity contribution is -0.220. The Labute approximate surface area is 348 Å². The first-order valence-electron chi connectivity index (χ1n) is 21.9. The van der Waals surface area contributed by atoms with Crippen LogP contribution in [-0.2, 0) is 32.7 Å². The number of esters is 2. The Hall–Kier alpha value is -2.19. The molecule has 0 aromatic carbocycles. The van der Waals surface area contributed by atoms with Crippen LogP contribution in [0.15, 0.2) is 48.6 Å². The van der Waals surface area contributed by atoms with Crippen LogP contribution in [0.4, 0.5) is 0 Å². The van der Waals surface area contributed by atoms with Gasteiger partial charge in [-0.15, -0.1) is 0 Å². The average molecular weight is 845 g/mol. The van der Waals surface area contributed by atoms with E-state index in [-0.39, 0.29) is 12.8 Å². The Balaban J connectivity index is 2.53. The molecule has 0 saturated heterocycles. The monoisotopic (exact) mass is 845 g/mol. The van der Waals surface area contributed by atoms with E-state index in [1.165, 1.54) is 51.4 Å². The van der Waals surface area contributed by atoms with E-state index in [0.717, 1.165) is 70.6 Å². The van der Waals surface area contributed by atoms with Gasteiger partial charge in [-0.25, -0.2) is 4.57 Å². The van der Waals surface area contributed by atoms with Crippen LogP contribution < -0.4 is 0 Å². The molecule has 8 atom stereocenters. The minimum Gasteiger partial charge on any atom is -0.462 e. The summed E-state index contributed by atoms with van der Waals surface area (Å²) in [5, 5.41) is 50.1. The number of rotatable bonds is 35. The molecule has 58 heavy (non-hydrogen) atoms. The molecular weight excluding hydrogens is 767 g/mol. The number of aliphatic hydroxyl groups excluding tert-OH is 5. The van der Waals surface area contributed by atoms with Gasteiger partial charge in [0.05, 0.1) is 6.61 Å². The highest BCUT2D eigenvalue weighted by molar-refractivity contribution is 7.47. The average Bonchev–Trinajstić information content (AvgIpc) is 3.20. The van der Waals surface area contributed by atoms with Crippen LogP contribution in [0.25, 0.3) is 0 Å². The zero-order valence-electron chi connectivity index (χ0n) is 35.3. The number of hydrogen-bond acceptors (Lipinski definition) is 12. The third-order valence-corrected chi connectivity index (χ3v) is 10.9. The van der Waals surface area contributed by atoms with Gasteiger partial charge >= 0.3 is 19.8 Å². The van der Waals surface area contributed by atoms with Crippen LogP contribution in [0, 0.1) is 0 Å². The third kappa shape index (κ3) is 26.8. The van der Waals surface area contributed by atoms with Gasteiger partial charge in [-0.05, 0) is 77.0 Å². The van der Waals surface area contributed by atoms with E-state index in [0.29, 0.717) is 12.8 Å². The second kappa shape index (κ2) is 34.5. The summed E-state index contributed by atoms with van der Waals surface area (Å²) in [7, 11) is -5.13. The van der Waals surface area contributed by atoms with Crippen LogP contribution in [0.2, 0.25) is 0 Å². The van der Waals surface area contributed by atoms with Crippen molar-refractivity contribution in [2.45, 2.75) is 204 Å². The highest BCUT2D eigenvalue weighted by Gasteiger charge is 2.51. The summed E-state index contributed by atoms with van der Waals surface area (Å²) in [5.74, 6) is -1.16. The number of carbonyl (C=O) groups is 2. The van der Waals surface area contributed by atoms with Crippen LogP contribution in [-0.4, -0.2) is 98.3 Å². The number of allylic oxidation sites excluding steroid dienone is 8. The zero-order valence-corrected chi connectivity index (χ0v) is 36.2. The van der Waals surface area contributed by atoms with Gasteiger partial charge in [-0.3, -0.25) is 18.6 Å². The molecule has 6 unspecified atom stereocenters. The maximum Gasteiger partial charge on any atom is 0.472 e. The first-order chi connectivity index (χ1) is 27.9. The SMILES string of the molecule is CCCCC/C=C\C/C=C\C/C=C\CCCCC(=O)O[C@H](COC(=O)CCCCCCC/C=C\CCCCCCC)COP(=O)(O)OC1C(O)C(O)C(O)[C@@H](O)C1O. The minimum atomic E-state index is -5.13. The van der Waals surface area contributed by atoms with Gasteiger partial charge in [0.1, 0.15) is 43.2 Å². The second-order valence-corrected chi connectivity index (χ2v) is 16.6. The van der Waals surface area contributed by atoms with Gasteiger partial charge in [0.15, 0.2) is 6.10 Å². The topological polar surface area (TPSA) is 210 Å². The van der Waals surface area contributed by atoms with Crippen molar-refractivity contribution in [3.8, 4) is 0 Å². The van der Waals surface area contributed by atoms with Gasteiger partial charge in [0.25, 0.3) is 0 Å². The fourth-order valence-corrected chi connectivity index (χ4v) is 7.26. The number of phosphoric ester groups is 1. The molecule has 6 N–H and O–H groups in total. The van der Waals surface area contributed by atoms with Crippen LogP contribution in [0.1, 0.15) is 162 Å². The summed E-state index contributed by atoms with van der Waals surface area (Å²) >= 11 is 0. The van der Waals surface area contributed by atoms with Crippen molar-refractivity contribution in [1.82, 2.24) is 0 Å². The lowest BCUT2D eigenvalue weighted by Gasteiger charge is -2.41. The summed E-state index contributed by atoms with van der Waals surface area (Å²) < 4.78 is 33.4. The van der Waals surface area contributed by atoms with Gasteiger partial charge in [-0.2, -0.15) is 0 Å². The number of hydrogen-bond donors (Lipinski definition) is 6. The molecule has 1 aliphatic carbocycles. The summed E-state index contributed by atoms with van der Waals surface area (Å²) in [6, 6.07) is 0. The molecule has 0 heterocycles. The fourth-order valence-electron chi connectivity index (χ4n) is 6.29. The molecule has 336 valence electrons. The van der Waals surface area contributed by atoms with E-state index in [1.54, 1.807) is 0 Å². The highest BCUT2D eigenvalue weighted by Crippen LogP contribution is 2.47. The quantitative estimate of drug-likeness (QED) is 0.0155. The van der Waals surface area contributed by atoms with Crippen molar-refractivity contribution in [3.63, 3.8) is 0 Å². The molecule has 1 saturated carbocycles. The molecule has 1 aliphatic rings. The smallest absolute Gasteiger partial charge is 0.462 e. The second-order valence-electron chi connectivity index (χ2n) is 15.2. The molecule has 0 aromatic rings. The first kappa shape index (κ1) is 53.8. The number of aliphatic hydroxyl groups is 5. The number of phosphoric acid groups is 1. The summed E-state index contributed by atoms with van der Waals surface area (Å²) in [6.45, 7) is 3.20. The maximum atomic E-state index is 12.8. The summed E-state index contributed by atoms with van der Waals surface area (Å²) in [5.41, 5.74) is 0. The van der Waals surface area contributed by atoms with E-state index >= 15 is 0 Å². The van der Waals surface area contributed by atoms with Crippen LogP contribution in [0.5, 0.6) is 0 Å². The molecule has 14 heteroatoms. The summed E-state index contributed by atoms with van der Waals surface area (Å²) in [4.78, 5) is 35.6. The van der Waals surface area contributed by atoms with Gasteiger partial charge in [0, 0.05) is 12.8 Å². The molecule has 0 amide bonds. The minimum absolute atomic E-state index is 0.0451. The van der Waals surface area contributed by atoms with Crippen molar-refractivity contribution >= 4 is 19.8 Å². The van der Waals surface area contributed by atoms with Crippen molar-refractivity contribution in [2.24, 2.45) is 0 Å². The number of unbranched alkanes of at least 4 members (excludes halogenated alkanes) is 15. The predicted molar refractivity (Wildman–Crippen MR) is 226 cm³/mol. The van der Waals surface area contributed by atoms with E-state index < -0.39 is 75.7 Å². The lowest BCUT2D eigenvalue weighted by Crippen LogP contribution is -2.64. The molecule has 1 fully saturated rings. The molecule has 13 nitrogen and oxygen atoms in total. The molecule has 0 aliphatic heterocycles.